The standard InChI is InChI=1S/C10H12BrNO/c11-8-3-1-2-7(6-8)10-9(13)4-5-12-10/h1-3,6,9-10,12-13H,4-5H2/t9-,10+/m1/s1. The molecule has 1 saturated heterocycles. The average Bonchev–Trinajstić information content (AvgIpc) is 2.51. The lowest BCUT2D eigenvalue weighted by atomic mass is 10.0. The van der Waals surface area contributed by atoms with Crippen molar-refractivity contribution in [3.63, 3.8) is 0 Å². The molecular formula is C10H12BrNO. The first kappa shape index (κ1) is 9.19. The zero-order valence-electron chi connectivity index (χ0n) is 7.20. The Morgan fingerprint density at radius 1 is 1.46 bits per heavy atom. The lowest BCUT2D eigenvalue weighted by Crippen LogP contribution is -2.20. The van der Waals surface area contributed by atoms with E-state index in [4.69, 9.17) is 0 Å². The van der Waals surface area contributed by atoms with Crippen LogP contribution in [0.25, 0.3) is 0 Å². The van der Waals surface area contributed by atoms with Crippen LogP contribution >= 0.6 is 15.9 Å². The van der Waals surface area contributed by atoms with Crippen LogP contribution in [-0.4, -0.2) is 17.8 Å². The number of rotatable bonds is 1. The maximum absolute atomic E-state index is 9.66. The minimum Gasteiger partial charge on any atom is -0.391 e. The van der Waals surface area contributed by atoms with Crippen molar-refractivity contribution in [2.75, 3.05) is 6.54 Å². The smallest absolute Gasteiger partial charge is 0.0747 e. The Morgan fingerprint density at radius 2 is 2.31 bits per heavy atom. The summed E-state index contributed by atoms with van der Waals surface area (Å²) >= 11 is 3.42. The molecule has 1 fully saturated rings. The summed E-state index contributed by atoms with van der Waals surface area (Å²) in [6.45, 7) is 0.901. The molecule has 0 unspecified atom stereocenters. The van der Waals surface area contributed by atoms with E-state index in [-0.39, 0.29) is 12.1 Å². The van der Waals surface area contributed by atoms with Crippen molar-refractivity contribution in [2.45, 2.75) is 18.6 Å². The van der Waals surface area contributed by atoms with Gasteiger partial charge in [-0.05, 0) is 30.7 Å². The van der Waals surface area contributed by atoms with Crippen LogP contribution in [0.5, 0.6) is 0 Å². The second kappa shape index (κ2) is 3.78. The van der Waals surface area contributed by atoms with Gasteiger partial charge in [0.25, 0.3) is 0 Å². The quantitative estimate of drug-likeness (QED) is 0.787. The molecule has 2 rings (SSSR count). The molecule has 13 heavy (non-hydrogen) atoms. The van der Waals surface area contributed by atoms with Crippen molar-refractivity contribution in [1.29, 1.82) is 0 Å². The second-order valence-electron chi connectivity index (χ2n) is 3.34. The van der Waals surface area contributed by atoms with E-state index in [1.54, 1.807) is 0 Å². The minimum absolute atomic E-state index is 0.109. The highest BCUT2D eigenvalue weighted by Crippen LogP contribution is 2.25. The molecular weight excluding hydrogens is 230 g/mol. The zero-order chi connectivity index (χ0) is 9.26. The summed E-state index contributed by atoms with van der Waals surface area (Å²) in [5.74, 6) is 0. The van der Waals surface area contributed by atoms with Crippen molar-refractivity contribution in [3.05, 3.63) is 34.3 Å². The molecule has 0 bridgehead atoms. The number of aliphatic hydroxyl groups excluding tert-OH is 1. The van der Waals surface area contributed by atoms with Crippen molar-refractivity contribution in [2.24, 2.45) is 0 Å². The Kier molecular flexibility index (Phi) is 2.67. The van der Waals surface area contributed by atoms with Gasteiger partial charge >= 0.3 is 0 Å². The SMILES string of the molecule is O[C@@H]1CCN[C@H]1c1cccc(Br)c1. The fourth-order valence-corrected chi connectivity index (χ4v) is 2.15. The van der Waals surface area contributed by atoms with E-state index in [1.807, 2.05) is 24.3 Å². The molecule has 70 valence electrons. The number of benzene rings is 1. The largest absolute Gasteiger partial charge is 0.391 e. The van der Waals surface area contributed by atoms with Gasteiger partial charge < -0.3 is 10.4 Å². The normalized spacial score (nSPS) is 27.8. The fraction of sp³-hybridized carbons (Fsp3) is 0.400. The van der Waals surface area contributed by atoms with E-state index in [0.717, 1.165) is 23.0 Å². The Balaban J connectivity index is 2.24. The number of halogens is 1. The molecule has 0 aromatic heterocycles. The highest BCUT2D eigenvalue weighted by atomic mass is 79.9. The van der Waals surface area contributed by atoms with Crippen molar-refractivity contribution in [1.82, 2.24) is 5.32 Å². The molecule has 0 aliphatic carbocycles. The number of hydrogen-bond donors (Lipinski definition) is 2. The Bertz CT molecular complexity index is 303. The third-order valence-corrected chi connectivity index (χ3v) is 2.89. The lowest BCUT2D eigenvalue weighted by molar-refractivity contribution is 0.160. The molecule has 1 aliphatic rings. The third-order valence-electron chi connectivity index (χ3n) is 2.40. The van der Waals surface area contributed by atoms with Crippen LogP contribution in [0.3, 0.4) is 0 Å². The molecule has 0 saturated carbocycles. The summed E-state index contributed by atoms with van der Waals surface area (Å²) in [6, 6.07) is 8.18. The Hall–Kier alpha value is -0.380. The summed E-state index contributed by atoms with van der Waals surface area (Å²) in [6.07, 6.45) is 0.603. The van der Waals surface area contributed by atoms with Gasteiger partial charge in [-0.3, -0.25) is 0 Å². The first-order valence-electron chi connectivity index (χ1n) is 4.44. The molecule has 2 atom stereocenters. The molecule has 0 amide bonds. The van der Waals surface area contributed by atoms with Crippen molar-refractivity contribution in [3.8, 4) is 0 Å². The summed E-state index contributed by atoms with van der Waals surface area (Å²) in [5.41, 5.74) is 1.15. The Labute approximate surface area is 86.1 Å². The monoisotopic (exact) mass is 241 g/mol. The van der Waals surface area contributed by atoms with E-state index in [2.05, 4.69) is 21.2 Å². The molecule has 2 N–H and O–H groups in total. The summed E-state index contributed by atoms with van der Waals surface area (Å²) in [5, 5.41) is 12.9. The van der Waals surface area contributed by atoms with Crippen molar-refractivity contribution < 1.29 is 5.11 Å². The Morgan fingerprint density at radius 3 is 2.92 bits per heavy atom. The zero-order valence-corrected chi connectivity index (χ0v) is 8.79. The summed E-state index contributed by atoms with van der Waals surface area (Å²) in [7, 11) is 0. The minimum atomic E-state index is -0.241. The fourth-order valence-electron chi connectivity index (χ4n) is 1.73. The van der Waals surface area contributed by atoms with Gasteiger partial charge in [0.1, 0.15) is 0 Å². The van der Waals surface area contributed by atoms with E-state index >= 15 is 0 Å². The number of nitrogens with one attached hydrogen (secondary N) is 1. The van der Waals surface area contributed by atoms with Gasteiger partial charge in [0.2, 0.25) is 0 Å². The van der Waals surface area contributed by atoms with E-state index in [0.29, 0.717) is 0 Å². The van der Waals surface area contributed by atoms with Crippen LogP contribution in [0.15, 0.2) is 28.7 Å². The predicted molar refractivity (Wildman–Crippen MR) is 55.5 cm³/mol. The average molecular weight is 242 g/mol. The molecule has 1 aliphatic heterocycles. The molecule has 0 spiro atoms. The highest BCUT2D eigenvalue weighted by molar-refractivity contribution is 9.10. The van der Waals surface area contributed by atoms with Gasteiger partial charge in [-0.1, -0.05) is 28.1 Å². The molecule has 3 heteroatoms. The van der Waals surface area contributed by atoms with E-state index < -0.39 is 0 Å². The number of hydrogen-bond acceptors (Lipinski definition) is 2. The van der Waals surface area contributed by atoms with Gasteiger partial charge in [-0.25, -0.2) is 0 Å². The predicted octanol–water partition coefficient (Wildman–Crippen LogP) is 1.84. The van der Waals surface area contributed by atoms with Gasteiger partial charge in [0, 0.05) is 4.47 Å². The summed E-state index contributed by atoms with van der Waals surface area (Å²) in [4.78, 5) is 0. The summed E-state index contributed by atoms with van der Waals surface area (Å²) < 4.78 is 1.06. The molecule has 2 nitrogen and oxygen atoms in total. The number of aliphatic hydroxyl groups is 1. The van der Waals surface area contributed by atoms with Crippen LogP contribution in [-0.2, 0) is 0 Å². The first-order valence-corrected chi connectivity index (χ1v) is 5.23. The van der Waals surface area contributed by atoms with Gasteiger partial charge in [-0.15, -0.1) is 0 Å². The van der Waals surface area contributed by atoms with Crippen LogP contribution in [0.1, 0.15) is 18.0 Å². The van der Waals surface area contributed by atoms with Crippen LogP contribution in [0, 0.1) is 0 Å². The maximum Gasteiger partial charge on any atom is 0.0747 e. The third kappa shape index (κ3) is 1.93. The van der Waals surface area contributed by atoms with E-state index in [1.165, 1.54) is 0 Å². The van der Waals surface area contributed by atoms with Crippen LogP contribution < -0.4 is 5.32 Å². The molecule has 0 radical (unpaired) electrons. The van der Waals surface area contributed by atoms with Crippen LogP contribution in [0.4, 0.5) is 0 Å². The topological polar surface area (TPSA) is 32.3 Å². The van der Waals surface area contributed by atoms with Crippen molar-refractivity contribution >= 4 is 15.9 Å². The van der Waals surface area contributed by atoms with Gasteiger partial charge in [-0.2, -0.15) is 0 Å². The molecule has 1 aromatic rings. The molecule has 1 heterocycles. The molecule has 1 aromatic carbocycles. The second-order valence-corrected chi connectivity index (χ2v) is 4.26. The first-order chi connectivity index (χ1) is 6.27. The highest BCUT2D eigenvalue weighted by Gasteiger charge is 2.25. The van der Waals surface area contributed by atoms with Gasteiger partial charge in [0.15, 0.2) is 0 Å². The van der Waals surface area contributed by atoms with E-state index in [9.17, 15) is 5.11 Å². The van der Waals surface area contributed by atoms with Crippen LogP contribution in [0.2, 0.25) is 0 Å². The lowest BCUT2D eigenvalue weighted by Gasteiger charge is -2.15. The maximum atomic E-state index is 9.66. The van der Waals surface area contributed by atoms with Gasteiger partial charge in [0.05, 0.1) is 12.1 Å².